The average Bonchev–Trinajstić information content (AvgIpc) is 3.10. The molecule has 16 heteroatoms. The van der Waals surface area contributed by atoms with E-state index < -0.39 is 33.4 Å². The number of non-ortho nitro benzene ring substituents is 1. The highest BCUT2D eigenvalue weighted by atomic mass is 79.9. The SMILES string of the molecule is O=[N+]([O-])c1ccc(N=Nc2cc3c(O)c(c2)COC[C@H](c2ccc(Br)cc2)OCCOCCOC(c2ccc(Br)cc2)COC3)c([N+](=O)[O-])c1. The Hall–Kier alpha value is -4.16. The quantitative estimate of drug-likeness (QED) is 0.112. The van der Waals surface area contributed by atoms with Crippen LogP contribution in [0.2, 0.25) is 0 Å². The van der Waals surface area contributed by atoms with Gasteiger partial charge in [0.2, 0.25) is 0 Å². The molecule has 4 aromatic rings. The van der Waals surface area contributed by atoms with Crippen LogP contribution >= 0.6 is 31.9 Å². The van der Waals surface area contributed by atoms with E-state index in [2.05, 4.69) is 42.1 Å². The molecule has 0 spiro atoms. The second kappa shape index (κ2) is 18.2. The van der Waals surface area contributed by atoms with Gasteiger partial charge in [-0.3, -0.25) is 20.2 Å². The van der Waals surface area contributed by atoms with Gasteiger partial charge < -0.3 is 28.8 Å². The van der Waals surface area contributed by atoms with Gasteiger partial charge in [0.1, 0.15) is 18.0 Å². The van der Waals surface area contributed by atoms with Crippen LogP contribution in [0.3, 0.4) is 0 Å². The first kappa shape index (κ1) is 37.1. The minimum absolute atomic E-state index is 0.0443. The van der Waals surface area contributed by atoms with Crippen molar-refractivity contribution in [3.8, 4) is 5.75 Å². The molecule has 2 atom stereocenters. The van der Waals surface area contributed by atoms with Crippen molar-refractivity contribution in [3.05, 3.63) is 130 Å². The summed E-state index contributed by atoms with van der Waals surface area (Å²) in [6.07, 6.45) is -0.891. The molecule has 0 saturated heterocycles. The number of azo groups is 1. The summed E-state index contributed by atoms with van der Waals surface area (Å²) in [4.78, 5) is 21.3. The van der Waals surface area contributed by atoms with Gasteiger partial charge >= 0.3 is 5.69 Å². The smallest absolute Gasteiger partial charge is 0.303 e. The number of hydrogen-bond acceptors (Lipinski definition) is 12. The van der Waals surface area contributed by atoms with E-state index in [9.17, 15) is 25.3 Å². The van der Waals surface area contributed by atoms with Crippen molar-refractivity contribution in [2.75, 3.05) is 39.6 Å². The number of nitro groups is 2. The summed E-state index contributed by atoms with van der Waals surface area (Å²) in [5.74, 6) is -0.0815. The predicted octanol–water partition coefficient (Wildman–Crippen LogP) is 8.73. The maximum Gasteiger partial charge on any atom is 0.303 e. The van der Waals surface area contributed by atoms with Crippen LogP contribution in [0.4, 0.5) is 22.7 Å². The van der Waals surface area contributed by atoms with E-state index in [1.807, 2.05) is 48.5 Å². The van der Waals surface area contributed by atoms with Gasteiger partial charge in [-0.05, 0) is 53.6 Å². The summed E-state index contributed by atoms with van der Waals surface area (Å²) in [6.45, 7) is 1.46. The summed E-state index contributed by atoms with van der Waals surface area (Å²) in [7, 11) is 0. The molecular formula is C34H32Br2N4O10. The highest BCUT2D eigenvalue weighted by molar-refractivity contribution is 9.10. The van der Waals surface area contributed by atoms with Gasteiger partial charge in [-0.25, -0.2) is 0 Å². The lowest BCUT2D eigenvalue weighted by molar-refractivity contribution is -0.393. The second-order valence-electron chi connectivity index (χ2n) is 11.0. The van der Waals surface area contributed by atoms with Crippen LogP contribution in [0.15, 0.2) is 98.0 Å². The molecule has 262 valence electrons. The molecule has 0 aliphatic carbocycles. The molecule has 1 unspecified atom stereocenters. The Morgan fingerprint density at radius 1 is 0.660 bits per heavy atom. The maximum atomic E-state index is 11.6. The molecular weight excluding hydrogens is 784 g/mol. The number of nitrogens with zero attached hydrogens (tertiary/aromatic N) is 4. The molecule has 50 heavy (non-hydrogen) atoms. The van der Waals surface area contributed by atoms with E-state index in [-0.39, 0.29) is 43.6 Å². The molecule has 5 rings (SSSR count). The first-order valence-electron chi connectivity index (χ1n) is 15.3. The van der Waals surface area contributed by atoms with Crippen molar-refractivity contribution in [3.63, 3.8) is 0 Å². The molecule has 14 nitrogen and oxygen atoms in total. The van der Waals surface area contributed by atoms with Crippen molar-refractivity contribution in [1.82, 2.24) is 0 Å². The van der Waals surface area contributed by atoms with Crippen LogP contribution < -0.4 is 0 Å². The normalized spacial score (nSPS) is 18.3. The average molecular weight is 816 g/mol. The highest BCUT2D eigenvalue weighted by Gasteiger charge is 2.21. The molecule has 0 radical (unpaired) electrons. The Morgan fingerprint density at radius 3 is 1.66 bits per heavy atom. The molecule has 0 saturated carbocycles. The standard InChI is InChI=1S/C34H32Br2N4O10/c35-26-5-1-22(2-6-26)32-20-47-18-24-15-28(37-38-30-10-9-29(39(42)43)17-31(30)40(44)45)16-25(34(24)41)19-48-21-33(23-3-7-27(36)8-4-23)50-14-12-46-11-13-49-32/h1-10,15-17,32-33,41H,11-14,18-21H2/t32-,33?/m1/s1. The zero-order chi connectivity index (χ0) is 35.5. The van der Waals surface area contributed by atoms with E-state index in [0.717, 1.165) is 38.3 Å². The van der Waals surface area contributed by atoms with Crippen molar-refractivity contribution in [1.29, 1.82) is 0 Å². The lowest BCUT2D eigenvalue weighted by atomic mass is 10.1. The number of hydrogen-bond donors (Lipinski definition) is 1. The largest absolute Gasteiger partial charge is 0.507 e. The van der Waals surface area contributed by atoms with Gasteiger partial charge in [0.25, 0.3) is 5.69 Å². The fourth-order valence-electron chi connectivity index (χ4n) is 4.98. The summed E-state index contributed by atoms with van der Waals surface area (Å²) in [5, 5.41) is 42.3. The minimum atomic E-state index is -0.768. The Labute approximate surface area is 303 Å². The lowest BCUT2D eigenvalue weighted by Gasteiger charge is -2.21. The molecule has 0 fully saturated rings. The molecule has 2 bridgehead atoms. The number of phenols is 1. The Morgan fingerprint density at radius 2 is 1.18 bits per heavy atom. The van der Waals surface area contributed by atoms with E-state index >= 15 is 0 Å². The fourth-order valence-corrected chi connectivity index (χ4v) is 5.50. The highest BCUT2D eigenvalue weighted by Crippen LogP contribution is 2.35. The van der Waals surface area contributed by atoms with Gasteiger partial charge in [0.15, 0.2) is 5.69 Å². The first-order chi connectivity index (χ1) is 24.2. The molecule has 0 aromatic heterocycles. The van der Waals surface area contributed by atoms with Crippen molar-refractivity contribution < 1.29 is 38.6 Å². The lowest BCUT2D eigenvalue weighted by Crippen LogP contribution is -2.18. The zero-order valence-electron chi connectivity index (χ0n) is 26.5. The van der Waals surface area contributed by atoms with Crippen LogP contribution in [-0.4, -0.2) is 54.6 Å². The third kappa shape index (κ3) is 10.4. The van der Waals surface area contributed by atoms with E-state index in [1.54, 1.807) is 0 Å². The number of phenolic OH excluding ortho intramolecular Hbond substituents is 1. The molecule has 1 heterocycles. The van der Waals surface area contributed by atoms with Crippen LogP contribution in [-0.2, 0) is 36.9 Å². The second-order valence-corrected chi connectivity index (χ2v) is 12.8. The number of fused-ring (bicyclic) bond motifs is 2. The molecule has 1 N–H and O–H groups in total. The monoisotopic (exact) mass is 814 g/mol. The number of halogens is 2. The molecule has 0 amide bonds. The van der Waals surface area contributed by atoms with Crippen LogP contribution in [0.25, 0.3) is 0 Å². The van der Waals surface area contributed by atoms with Crippen LogP contribution in [0.5, 0.6) is 5.75 Å². The van der Waals surface area contributed by atoms with Crippen molar-refractivity contribution in [2.24, 2.45) is 10.2 Å². The van der Waals surface area contributed by atoms with Gasteiger partial charge in [-0.2, -0.15) is 5.11 Å². The maximum absolute atomic E-state index is 11.6. The zero-order valence-corrected chi connectivity index (χ0v) is 29.7. The van der Waals surface area contributed by atoms with Crippen molar-refractivity contribution >= 4 is 54.6 Å². The summed E-state index contributed by atoms with van der Waals surface area (Å²) >= 11 is 6.91. The number of benzene rings is 4. The molecule has 4 aromatic carbocycles. The number of nitro benzene ring substituents is 2. The van der Waals surface area contributed by atoms with Gasteiger partial charge in [0, 0.05) is 26.1 Å². The van der Waals surface area contributed by atoms with Crippen LogP contribution in [0.1, 0.15) is 34.5 Å². The number of aromatic hydroxyl groups is 1. The third-order valence-electron chi connectivity index (χ3n) is 7.52. The van der Waals surface area contributed by atoms with Crippen LogP contribution in [0, 0.1) is 20.2 Å². The topological polar surface area (TPSA) is 177 Å². The summed E-state index contributed by atoms with van der Waals surface area (Å²) in [5.41, 5.74) is 1.51. The third-order valence-corrected chi connectivity index (χ3v) is 8.58. The van der Waals surface area contributed by atoms with E-state index in [4.69, 9.17) is 23.7 Å². The Kier molecular flexibility index (Phi) is 13.5. The minimum Gasteiger partial charge on any atom is -0.507 e. The molecule has 1 aliphatic heterocycles. The predicted molar refractivity (Wildman–Crippen MR) is 188 cm³/mol. The van der Waals surface area contributed by atoms with Crippen molar-refractivity contribution in [2.45, 2.75) is 25.4 Å². The van der Waals surface area contributed by atoms with Gasteiger partial charge in [-0.1, -0.05) is 56.1 Å². The Bertz CT molecular complexity index is 1720. The van der Waals surface area contributed by atoms with E-state index in [0.29, 0.717) is 37.6 Å². The van der Waals surface area contributed by atoms with Gasteiger partial charge in [0.05, 0.1) is 74.5 Å². The number of ether oxygens (including phenoxy) is 5. The van der Waals surface area contributed by atoms with Gasteiger partial charge in [-0.15, -0.1) is 5.11 Å². The summed E-state index contributed by atoms with van der Waals surface area (Å²) in [6, 6.07) is 21.5. The first-order valence-corrected chi connectivity index (χ1v) is 16.9. The van der Waals surface area contributed by atoms with E-state index in [1.165, 1.54) is 12.1 Å². The fraction of sp³-hybridized carbons (Fsp3) is 0.294. The summed E-state index contributed by atoms with van der Waals surface area (Å²) < 4.78 is 32.0. The Balaban J connectivity index is 1.44. The molecule has 1 aliphatic rings. The number of rotatable bonds is 6.